The summed E-state index contributed by atoms with van der Waals surface area (Å²) in [7, 11) is -1.30. The summed E-state index contributed by atoms with van der Waals surface area (Å²) in [5.41, 5.74) is -0.286. The second kappa shape index (κ2) is 6.95. The fourth-order valence-electron chi connectivity index (χ4n) is 2.77. The van der Waals surface area contributed by atoms with Crippen molar-refractivity contribution in [2.45, 2.75) is 69.3 Å². The van der Waals surface area contributed by atoms with E-state index < -0.39 is 27.4 Å². The molecule has 4 nitrogen and oxygen atoms in total. The minimum Gasteiger partial charge on any atom is -0.388 e. The summed E-state index contributed by atoms with van der Waals surface area (Å²) in [5, 5.41) is 11.5. The van der Waals surface area contributed by atoms with E-state index in [1.165, 1.54) is 0 Å². The molecule has 1 aromatic heterocycles. The first kappa shape index (κ1) is 17.9. The summed E-state index contributed by atoms with van der Waals surface area (Å²) in [5.74, 6) is 0. The first-order chi connectivity index (χ1) is 10.2. The van der Waals surface area contributed by atoms with Gasteiger partial charge in [-0.25, -0.2) is 13.9 Å². The number of nitrogens with zero attached hydrogens (tertiary/aromatic N) is 1. The second-order valence-electron chi connectivity index (χ2n) is 6.98. The maximum Gasteiger partial charge on any atom is 0.129 e. The average Bonchev–Trinajstić information content (AvgIpc) is 2.44. The lowest BCUT2D eigenvalue weighted by molar-refractivity contribution is -0.0260. The van der Waals surface area contributed by atoms with Gasteiger partial charge in [-0.15, -0.1) is 0 Å². The van der Waals surface area contributed by atoms with Crippen LogP contribution in [-0.2, 0) is 11.0 Å². The molecule has 1 saturated carbocycles. The maximum atomic E-state index is 12.5. The zero-order valence-electron chi connectivity index (χ0n) is 13.4. The molecule has 0 radical (unpaired) electrons. The van der Waals surface area contributed by atoms with E-state index in [2.05, 4.69) is 9.71 Å². The van der Waals surface area contributed by atoms with Crippen LogP contribution in [0.4, 0.5) is 0 Å². The summed E-state index contributed by atoms with van der Waals surface area (Å²) in [6.07, 6.45) is 4.43. The molecule has 0 amide bonds. The van der Waals surface area contributed by atoms with Crippen molar-refractivity contribution in [1.29, 1.82) is 0 Å². The van der Waals surface area contributed by atoms with E-state index in [4.69, 9.17) is 11.6 Å². The molecule has 0 aromatic carbocycles. The van der Waals surface area contributed by atoms with Crippen LogP contribution in [0, 0.1) is 0 Å². The van der Waals surface area contributed by atoms with Gasteiger partial charge in [0, 0.05) is 0 Å². The predicted octanol–water partition coefficient (Wildman–Crippen LogP) is 3.52. The number of rotatable bonds is 4. The molecule has 1 aliphatic rings. The van der Waals surface area contributed by atoms with Gasteiger partial charge in [0.1, 0.15) is 5.15 Å². The van der Waals surface area contributed by atoms with Crippen LogP contribution in [-0.4, -0.2) is 24.6 Å². The third kappa shape index (κ3) is 4.28. The zero-order chi connectivity index (χ0) is 16.4. The van der Waals surface area contributed by atoms with E-state index in [1.807, 2.05) is 32.9 Å². The molecule has 1 fully saturated rings. The third-order valence-corrected chi connectivity index (χ3v) is 5.84. The van der Waals surface area contributed by atoms with Crippen molar-refractivity contribution < 1.29 is 9.32 Å². The molecule has 1 unspecified atom stereocenters. The minimum atomic E-state index is -1.30. The first-order valence-electron chi connectivity index (χ1n) is 7.75. The number of aromatic nitrogens is 1. The number of halogens is 1. The molecule has 2 N–H and O–H groups in total. The number of pyridine rings is 1. The number of nitrogens with one attached hydrogen (secondary N) is 1. The van der Waals surface area contributed by atoms with Gasteiger partial charge in [0.15, 0.2) is 0 Å². The van der Waals surface area contributed by atoms with Crippen molar-refractivity contribution in [2.75, 3.05) is 0 Å². The van der Waals surface area contributed by atoms with Gasteiger partial charge in [0.25, 0.3) is 0 Å². The highest BCUT2D eigenvalue weighted by Crippen LogP contribution is 2.38. The molecule has 22 heavy (non-hydrogen) atoms. The van der Waals surface area contributed by atoms with E-state index in [1.54, 1.807) is 6.07 Å². The number of aliphatic hydroxyl groups is 1. The highest BCUT2D eigenvalue weighted by molar-refractivity contribution is 7.84. The van der Waals surface area contributed by atoms with E-state index >= 15 is 0 Å². The molecule has 2 rings (SSSR count). The summed E-state index contributed by atoms with van der Waals surface area (Å²) in [4.78, 5) is 4.34. The first-order valence-corrected chi connectivity index (χ1v) is 9.28. The lowest BCUT2D eigenvalue weighted by Crippen LogP contribution is -2.49. The fraction of sp³-hybridized carbons (Fsp3) is 0.688. The van der Waals surface area contributed by atoms with Gasteiger partial charge in [-0.3, -0.25) is 0 Å². The SMILES string of the molecule is CC(C)(C)[S@](=O)NC(c1cccc(Cl)n1)C1(O)CCCCC1. The van der Waals surface area contributed by atoms with Crippen LogP contribution >= 0.6 is 11.6 Å². The standard InChI is InChI=1S/C16H25ClN2O2S/c1-15(2,3)22(21)19-14(12-8-7-9-13(17)18-12)16(20)10-5-4-6-11-16/h7-9,14,19-20H,4-6,10-11H2,1-3H3/t14?,22-/m0/s1. The number of hydrogen-bond acceptors (Lipinski definition) is 3. The molecule has 0 aliphatic heterocycles. The summed E-state index contributed by atoms with van der Waals surface area (Å²) in [6.45, 7) is 5.72. The van der Waals surface area contributed by atoms with Crippen molar-refractivity contribution in [1.82, 2.24) is 9.71 Å². The average molecular weight is 345 g/mol. The Balaban J connectivity index is 2.34. The Bertz CT molecular complexity index is 539. The highest BCUT2D eigenvalue weighted by atomic mass is 35.5. The molecule has 6 heteroatoms. The van der Waals surface area contributed by atoms with Gasteiger partial charge in [0.05, 0.1) is 33.1 Å². The molecule has 1 aromatic rings. The normalized spacial score (nSPS) is 21.3. The third-order valence-electron chi connectivity index (χ3n) is 4.07. The monoisotopic (exact) mass is 344 g/mol. The van der Waals surface area contributed by atoms with Crippen LogP contribution in [0.1, 0.15) is 64.6 Å². The molecular weight excluding hydrogens is 320 g/mol. The van der Waals surface area contributed by atoms with Crippen molar-refractivity contribution in [3.8, 4) is 0 Å². The molecule has 2 atom stereocenters. The molecular formula is C16H25ClN2O2S. The van der Waals surface area contributed by atoms with Crippen molar-refractivity contribution in [2.24, 2.45) is 0 Å². The predicted molar refractivity (Wildman–Crippen MR) is 91.1 cm³/mol. The quantitative estimate of drug-likeness (QED) is 0.821. The molecule has 1 heterocycles. The Morgan fingerprint density at radius 1 is 1.32 bits per heavy atom. The van der Waals surface area contributed by atoms with Crippen LogP contribution in [0.25, 0.3) is 0 Å². The van der Waals surface area contributed by atoms with Crippen molar-refractivity contribution in [3.63, 3.8) is 0 Å². The Morgan fingerprint density at radius 3 is 2.50 bits per heavy atom. The Morgan fingerprint density at radius 2 is 1.95 bits per heavy atom. The fourth-order valence-corrected chi connectivity index (χ4v) is 3.84. The summed E-state index contributed by atoms with van der Waals surface area (Å²) < 4.78 is 15.2. The Labute approximate surface area is 140 Å². The second-order valence-corrected chi connectivity index (χ2v) is 9.37. The van der Waals surface area contributed by atoms with Gasteiger partial charge >= 0.3 is 0 Å². The van der Waals surface area contributed by atoms with Crippen LogP contribution in [0.5, 0.6) is 0 Å². The zero-order valence-corrected chi connectivity index (χ0v) is 15.0. The number of hydrogen-bond donors (Lipinski definition) is 2. The van der Waals surface area contributed by atoms with Crippen LogP contribution in [0.2, 0.25) is 5.15 Å². The van der Waals surface area contributed by atoms with Crippen molar-refractivity contribution >= 4 is 22.6 Å². The largest absolute Gasteiger partial charge is 0.388 e. The molecule has 0 spiro atoms. The lowest BCUT2D eigenvalue weighted by Gasteiger charge is -2.40. The molecule has 0 bridgehead atoms. The highest BCUT2D eigenvalue weighted by Gasteiger charge is 2.41. The van der Waals surface area contributed by atoms with Gasteiger partial charge < -0.3 is 5.11 Å². The molecule has 0 saturated heterocycles. The van der Waals surface area contributed by atoms with Gasteiger partial charge in [-0.2, -0.15) is 0 Å². The van der Waals surface area contributed by atoms with E-state index in [9.17, 15) is 9.32 Å². The van der Waals surface area contributed by atoms with E-state index in [0.29, 0.717) is 23.7 Å². The van der Waals surface area contributed by atoms with E-state index in [0.717, 1.165) is 19.3 Å². The summed E-state index contributed by atoms with van der Waals surface area (Å²) in [6, 6.07) is 4.86. The molecule has 124 valence electrons. The van der Waals surface area contributed by atoms with Crippen LogP contribution in [0.15, 0.2) is 18.2 Å². The topological polar surface area (TPSA) is 62.2 Å². The molecule has 1 aliphatic carbocycles. The minimum absolute atomic E-state index is 0.380. The van der Waals surface area contributed by atoms with Gasteiger partial charge in [0.2, 0.25) is 0 Å². The Hall–Kier alpha value is -0.490. The van der Waals surface area contributed by atoms with Crippen molar-refractivity contribution in [3.05, 3.63) is 29.0 Å². The lowest BCUT2D eigenvalue weighted by atomic mass is 9.78. The van der Waals surface area contributed by atoms with Crippen LogP contribution < -0.4 is 4.72 Å². The van der Waals surface area contributed by atoms with Crippen LogP contribution in [0.3, 0.4) is 0 Å². The maximum absolute atomic E-state index is 12.5. The summed E-state index contributed by atoms with van der Waals surface area (Å²) >= 11 is 6.00. The van der Waals surface area contributed by atoms with Gasteiger partial charge in [-0.1, -0.05) is 36.9 Å². The Kier molecular flexibility index (Phi) is 5.64. The smallest absolute Gasteiger partial charge is 0.129 e. The van der Waals surface area contributed by atoms with Gasteiger partial charge in [-0.05, 0) is 45.7 Å². The van der Waals surface area contributed by atoms with E-state index in [-0.39, 0.29) is 0 Å².